The van der Waals surface area contributed by atoms with Crippen LogP contribution in [0.5, 0.6) is 5.88 Å². The standard InChI is InChI=1S/C20H16F3N3O4S/c1-30-19-16(4-3-6-25-19)15-5-7-24-11-17(15)26-18(27)12-8-13(20(21,22)23)10-14(9-12)31(2,28)29/h3-11H,1-2H3,(H,26,27). The highest BCUT2D eigenvalue weighted by atomic mass is 32.2. The van der Waals surface area contributed by atoms with E-state index in [-0.39, 0.29) is 11.6 Å². The summed E-state index contributed by atoms with van der Waals surface area (Å²) in [6.07, 6.45) is 0.210. The number of methoxy groups -OCH3 is 1. The number of pyridine rings is 2. The molecule has 2 aromatic heterocycles. The van der Waals surface area contributed by atoms with Gasteiger partial charge in [-0.3, -0.25) is 9.78 Å². The summed E-state index contributed by atoms with van der Waals surface area (Å²) >= 11 is 0. The molecule has 1 N–H and O–H groups in total. The Kier molecular flexibility index (Phi) is 5.98. The average molecular weight is 451 g/mol. The number of nitrogens with zero attached hydrogens (tertiary/aromatic N) is 2. The summed E-state index contributed by atoms with van der Waals surface area (Å²) < 4.78 is 68.6. The fourth-order valence-electron chi connectivity index (χ4n) is 2.79. The van der Waals surface area contributed by atoms with Crippen molar-refractivity contribution >= 4 is 21.4 Å². The van der Waals surface area contributed by atoms with Crippen molar-refractivity contribution in [1.82, 2.24) is 9.97 Å². The second-order valence-electron chi connectivity index (χ2n) is 6.45. The van der Waals surface area contributed by atoms with Gasteiger partial charge in [-0.2, -0.15) is 13.2 Å². The first kappa shape index (κ1) is 22.2. The lowest BCUT2D eigenvalue weighted by molar-refractivity contribution is -0.137. The van der Waals surface area contributed by atoms with Crippen LogP contribution in [0.25, 0.3) is 11.1 Å². The molecule has 162 valence electrons. The molecule has 0 fully saturated rings. The topological polar surface area (TPSA) is 98.2 Å². The second kappa shape index (κ2) is 8.34. The van der Waals surface area contributed by atoms with Crippen LogP contribution in [0, 0.1) is 0 Å². The van der Waals surface area contributed by atoms with Gasteiger partial charge in [0.05, 0.1) is 29.5 Å². The summed E-state index contributed by atoms with van der Waals surface area (Å²) in [6.45, 7) is 0. The normalized spacial score (nSPS) is 11.8. The third-order valence-corrected chi connectivity index (χ3v) is 5.34. The molecule has 0 bridgehead atoms. The molecule has 0 unspecified atom stereocenters. The quantitative estimate of drug-likeness (QED) is 0.633. The molecule has 0 spiro atoms. The molecular formula is C20H16F3N3O4S. The van der Waals surface area contributed by atoms with Crippen LogP contribution in [0.4, 0.5) is 18.9 Å². The van der Waals surface area contributed by atoms with Crippen molar-refractivity contribution in [2.24, 2.45) is 0 Å². The van der Waals surface area contributed by atoms with Crippen LogP contribution >= 0.6 is 0 Å². The maximum atomic E-state index is 13.2. The van der Waals surface area contributed by atoms with E-state index in [0.29, 0.717) is 23.3 Å². The number of anilines is 1. The van der Waals surface area contributed by atoms with Crippen LogP contribution in [0.3, 0.4) is 0 Å². The van der Waals surface area contributed by atoms with Crippen molar-refractivity contribution in [1.29, 1.82) is 0 Å². The summed E-state index contributed by atoms with van der Waals surface area (Å²) in [5, 5.41) is 2.49. The molecule has 0 aliphatic heterocycles. The number of hydrogen-bond acceptors (Lipinski definition) is 6. The van der Waals surface area contributed by atoms with Crippen molar-refractivity contribution in [3.05, 3.63) is 66.1 Å². The van der Waals surface area contributed by atoms with Gasteiger partial charge < -0.3 is 10.1 Å². The monoisotopic (exact) mass is 451 g/mol. The summed E-state index contributed by atoms with van der Waals surface area (Å²) in [4.78, 5) is 20.2. The Bertz CT molecular complexity index is 1240. The summed E-state index contributed by atoms with van der Waals surface area (Å²) in [7, 11) is -2.57. The first-order valence-corrected chi connectivity index (χ1v) is 10.6. The molecule has 2 heterocycles. The Labute approximate surface area is 175 Å². The zero-order chi connectivity index (χ0) is 22.8. The zero-order valence-electron chi connectivity index (χ0n) is 16.3. The lowest BCUT2D eigenvalue weighted by Gasteiger charge is -2.14. The lowest BCUT2D eigenvalue weighted by atomic mass is 10.1. The molecule has 0 aliphatic rings. The molecule has 0 saturated carbocycles. The van der Waals surface area contributed by atoms with Crippen molar-refractivity contribution < 1.29 is 31.1 Å². The van der Waals surface area contributed by atoms with Gasteiger partial charge in [0, 0.05) is 35.3 Å². The molecule has 0 aliphatic carbocycles. The predicted molar refractivity (Wildman–Crippen MR) is 107 cm³/mol. The van der Waals surface area contributed by atoms with Crippen LogP contribution in [0.2, 0.25) is 0 Å². The van der Waals surface area contributed by atoms with E-state index >= 15 is 0 Å². The Morgan fingerprint density at radius 2 is 1.84 bits per heavy atom. The maximum absolute atomic E-state index is 13.2. The minimum absolute atomic E-state index is 0.178. The van der Waals surface area contributed by atoms with Gasteiger partial charge in [0.2, 0.25) is 5.88 Å². The average Bonchev–Trinajstić information content (AvgIpc) is 2.72. The van der Waals surface area contributed by atoms with Crippen molar-refractivity contribution in [2.75, 3.05) is 18.7 Å². The van der Waals surface area contributed by atoms with E-state index in [1.165, 1.54) is 25.7 Å². The minimum atomic E-state index is -4.84. The molecular weight excluding hydrogens is 435 g/mol. The molecule has 3 aromatic rings. The van der Waals surface area contributed by atoms with Gasteiger partial charge in [-0.15, -0.1) is 0 Å². The van der Waals surface area contributed by atoms with Crippen LogP contribution in [-0.2, 0) is 16.0 Å². The Morgan fingerprint density at radius 3 is 2.48 bits per heavy atom. The largest absolute Gasteiger partial charge is 0.481 e. The van der Waals surface area contributed by atoms with E-state index in [9.17, 15) is 26.4 Å². The summed E-state index contributed by atoms with van der Waals surface area (Å²) in [6, 6.07) is 6.87. The number of aromatic nitrogens is 2. The molecule has 11 heteroatoms. The molecule has 1 aromatic carbocycles. The fraction of sp³-hybridized carbons (Fsp3) is 0.150. The number of halogens is 3. The van der Waals surface area contributed by atoms with Gasteiger partial charge >= 0.3 is 6.18 Å². The van der Waals surface area contributed by atoms with E-state index in [0.717, 1.165) is 12.3 Å². The fourth-order valence-corrected chi connectivity index (χ4v) is 3.47. The van der Waals surface area contributed by atoms with Gasteiger partial charge in [0.25, 0.3) is 5.91 Å². The number of hydrogen-bond donors (Lipinski definition) is 1. The van der Waals surface area contributed by atoms with Crippen LogP contribution in [0.15, 0.2) is 59.9 Å². The van der Waals surface area contributed by atoms with E-state index in [1.54, 1.807) is 18.2 Å². The second-order valence-corrected chi connectivity index (χ2v) is 8.47. The third-order valence-electron chi connectivity index (χ3n) is 4.25. The van der Waals surface area contributed by atoms with Crippen molar-refractivity contribution in [2.45, 2.75) is 11.1 Å². The first-order chi connectivity index (χ1) is 14.5. The van der Waals surface area contributed by atoms with E-state index < -0.39 is 37.9 Å². The van der Waals surface area contributed by atoms with E-state index in [4.69, 9.17) is 4.74 Å². The number of alkyl halides is 3. The molecule has 3 rings (SSSR count). The number of sulfone groups is 1. The number of carbonyl (C=O) groups is 1. The Morgan fingerprint density at radius 1 is 1.10 bits per heavy atom. The van der Waals surface area contributed by atoms with E-state index in [1.807, 2.05) is 0 Å². The van der Waals surface area contributed by atoms with Crippen LogP contribution < -0.4 is 10.1 Å². The summed E-state index contributed by atoms with van der Waals surface area (Å²) in [5.41, 5.74) is -0.562. The third kappa shape index (κ3) is 5.00. The van der Waals surface area contributed by atoms with Gasteiger partial charge in [-0.05, 0) is 36.4 Å². The highest BCUT2D eigenvalue weighted by Gasteiger charge is 2.33. The molecule has 1 amide bonds. The zero-order valence-corrected chi connectivity index (χ0v) is 17.1. The SMILES string of the molecule is COc1ncccc1-c1ccncc1NC(=O)c1cc(C(F)(F)F)cc(S(C)(=O)=O)c1. The van der Waals surface area contributed by atoms with Crippen molar-refractivity contribution in [3.8, 4) is 17.0 Å². The summed E-state index contributed by atoms with van der Waals surface area (Å²) in [5.74, 6) is -0.671. The molecule has 0 atom stereocenters. The molecule has 31 heavy (non-hydrogen) atoms. The van der Waals surface area contributed by atoms with Gasteiger partial charge in [0.15, 0.2) is 9.84 Å². The highest BCUT2D eigenvalue weighted by Crippen LogP contribution is 2.34. The predicted octanol–water partition coefficient (Wildman–Crippen LogP) is 3.83. The Hall–Kier alpha value is -3.47. The molecule has 0 saturated heterocycles. The first-order valence-electron chi connectivity index (χ1n) is 8.68. The highest BCUT2D eigenvalue weighted by molar-refractivity contribution is 7.90. The number of ether oxygens (including phenoxy) is 1. The van der Waals surface area contributed by atoms with Crippen LogP contribution in [0.1, 0.15) is 15.9 Å². The van der Waals surface area contributed by atoms with Gasteiger partial charge in [0.1, 0.15) is 0 Å². The number of benzene rings is 1. The number of rotatable bonds is 5. The number of nitrogens with one attached hydrogen (secondary N) is 1. The smallest absolute Gasteiger partial charge is 0.416 e. The Balaban J connectivity index is 2.06. The molecule has 0 radical (unpaired) electrons. The lowest BCUT2D eigenvalue weighted by Crippen LogP contribution is -2.16. The van der Waals surface area contributed by atoms with Gasteiger partial charge in [-0.25, -0.2) is 13.4 Å². The van der Waals surface area contributed by atoms with Crippen LogP contribution in [-0.4, -0.2) is 37.7 Å². The minimum Gasteiger partial charge on any atom is -0.481 e. The van der Waals surface area contributed by atoms with Crippen molar-refractivity contribution in [3.63, 3.8) is 0 Å². The number of carbonyl (C=O) groups excluding carboxylic acids is 1. The van der Waals surface area contributed by atoms with E-state index in [2.05, 4.69) is 15.3 Å². The van der Waals surface area contributed by atoms with Gasteiger partial charge in [-0.1, -0.05) is 0 Å². The molecule has 7 nitrogen and oxygen atoms in total. The number of amides is 1. The maximum Gasteiger partial charge on any atom is 0.416 e.